The molecule has 0 aliphatic heterocycles. The maximum absolute atomic E-state index is 13.6. The average molecular weight is 558 g/mol. The van der Waals surface area contributed by atoms with Gasteiger partial charge < -0.3 is 10.6 Å². The molecule has 0 saturated carbocycles. The van der Waals surface area contributed by atoms with E-state index < -0.39 is 4.92 Å². The van der Waals surface area contributed by atoms with Crippen LogP contribution in [0.2, 0.25) is 0 Å². The number of benzene rings is 3. The maximum Gasteiger partial charge on any atom is 0.329 e. The number of anilines is 4. The van der Waals surface area contributed by atoms with Gasteiger partial charge in [-0.25, -0.2) is 4.79 Å². The summed E-state index contributed by atoms with van der Waals surface area (Å²) >= 11 is 2.63. The highest BCUT2D eigenvalue weighted by Gasteiger charge is 2.20. The average Bonchev–Trinajstić information content (AvgIpc) is 3.65. The summed E-state index contributed by atoms with van der Waals surface area (Å²) in [6.07, 6.45) is 0. The van der Waals surface area contributed by atoms with Crippen LogP contribution in [-0.2, 0) is 13.1 Å². The van der Waals surface area contributed by atoms with Crippen LogP contribution in [0.25, 0.3) is 11.0 Å². The number of fused-ring (bicyclic) bond motifs is 1. The molecular weight excluding hydrogens is 538 g/mol. The molecule has 0 aliphatic rings. The Hall–Kier alpha value is -4.95. The molecule has 14 heteroatoms. The molecule has 3 heterocycles. The molecule has 3 aromatic heterocycles. The summed E-state index contributed by atoms with van der Waals surface area (Å²) in [5.74, 6) is 0. The first-order valence-electron chi connectivity index (χ1n) is 11.7. The molecule has 0 saturated heterocycles. The van der Waals surface area contributed by atoms with Crippen molar-refractivity contribution in [2.75, 3.05) is 10.6 Å². The topological polar surface area (TPSA) is 146 Å². The summed E-state index contributed by atoms with van der Waals surface area (Å²) in [4.78, 5) is 24.6. The molecular formula is C25H19N9O3S2. The van der Waals surface area contributed by atoms with Crippen LogP contribution in [0.3, 0.4) is 0 Å². The van der Waals surface area contributed by atoms with E-state index >= 15 is 0 Å². The summed E-state index contributed by atoms with van der Waals surface area (Å²) in [6, 6.07) is 23.5. The van der Waals surface area contributed by atoms with Gasteiger partial charge in [0, 0.05) is 23.5 Å². The molecule has 0 spiro atoms. The molecule has 0 atom stereocenters. The quantitative estimate of drug-likeness (QED) is 0.185. The molecule has 0 unspecified atom stereocenters. The fraction of sp³-hybridized carbons (Fsp3) is 0.0800. The van der Waals surface area contributed by atoms with Gasteiger partial charge in [0.2, 0.25) is 10.3 Å². The van der Waals surface area contributed by atoms with E-state index in [4.69, 9.17) is 0 Å². The first kappa shape index (κ1) is 24.4. The van der Waals surface area contributed by atoms with E-state index in [1.807, 2.05) is 60.7 Å². The highest BCUT2D eigenvalue weighted by molar-refractivity contribution is 7.15. The second-order valence-corrected chi connectivity index (χ2v) is 10.5. The predicted octanol–water partition coefficient (Wildman–Crippen LogP) is 5.00. The van der Waals surface area contributed by atoms with Crippen LogP contribution in [0.15, 0.2) is 83.7 Å². The second-order valence-electron chi connectivity index (χ2n) is 8.37. The van der Waals surface area contributed by atoms with Crippen LogP contribution in [0.5, 0.6) is 0 Å². The molecule has 6 rings (SSSR count). The Balaban J connectivity index is 1.31. The molecule has 2 N–H and O–H groups in total. The van der Waals surface area contributed by atoms with Crippen molar-refractivity contribution < 1.29 is 4.92 Å². The van der Waals surface area contributed by atoms with E-state index in [2.05, 4.69) is 31.0 Å². The van der Waals surface area contributed by atoms with Crippen LogP contribution in [-0.4, -0.2) is 34.5 Å². The van der Waals surface area contributed by atoms with E-state index in [-0.39, 0.29) is 24.5 Å². The van der Waals surface area contributed by atoms with Crippen molar-refractivity contribution in [2.45, 2.75) is 13.1 Å². The fourth-order valence-corrected chi connectivity index (χ4v) is 5.52. The minimum Gasteiger partial charge on any atom is -0.330 e. The summed E-state index contributed by atoms with van der Waals surface area (Å²) in [6.45, 7) is 0.264. The number of hydrogen-bond donors (Lipinski definition) is 2. The molecule has 39 heavy (non-hydrogen) atoms. The molecule has 0 radical (unpaired) electrons. The molecule has 3 aromatic carbocycles. The fourth-order valence-electron chi connectivity index (χ4n) is 4.02. The first-order valence-corrected chi connectivity index (χ1v) is 13.3. The normalized spacial score (nSPS) is 11.1. The number of rotatable bonds is 9. The third-order valence-electron chi connectivity index (χ3n) is 5.78. The van der Waals surface area contributed by atoms with Gasteiger partial charge in [-0.15, -0.1) is 20.4 Å². The first-order chi connectivity index (χ1) is 19.0. The highest BCUT2D eigenvalue weighted by Crippen LogP contribution is 2.26. The number of nitrogens with zero attached hydrogens (tertiary/aromatic N) is 7. The van der Waals surface area contributed by atoms with Crippen LogP contribution in [0.1, 0.15) is 10.0 Å². The lowest BCUT2D eigenvalue weighted by Gasteiger charge is -2.00. The molecule has 194 valence electrons. The standard InChI is InChI=1S/C25H19N9O3S2/c35-25-32(14-21-28-30-23(38-21)26-16-7-3-1-4-8-16)19-12-11-18(34(36)37)13-20(19)33(25)15-22-29-31-24(39-22)27-17-9-5-2-6-10-17/h1-13H,14-15H2,(H,26,30)(H,27,31). The third-order valence-corrected chi connectivity index (χ3v) is 7.43. The number of non-ortho nitro benzene ring substituents is 1. The molecule has 12 nitrogen and oxygen atoms in total. The predicted molar refractivity (Wildman–Crippen MR) is 150 cm³/mol. The number of hydrogen-bond acceptors (Lipinski definition) is 11. The zero-order valence-electron chi connectivity index (χ0n) is 20.1. The monoisotopic (exact) mass is 557 g/mol. The van der Waals surface area contributed by atoms with Gasteiger partial charge in [0.15, 0.2) is 0 Å². The Morgan fingerprint density at radius 2 is 1.23 bits per heavy atom. The molecule has 0 bridgehead atoms. The highest BCUT2D eigenvalue weighted by atomic mass is 32.1. The number of nitro benzene ring substituents is 1. The lowest BCUT2D eigenvalue weighted by Crippen LogP contribution is -2.25. The largest absolute Gasteiger partial charge is 0.330 e. The minimum absolute atomic E-state index is 0.106. The summed E-state index contributed by atoms with van der Waals surface area (Å²) in [7, 11) is 0. The van der Waals surface area contributed by atoms with E-state index in [9.17, 15) is 14.9 Å². The Labute approximate surface area is 228 Å². The number of para-hydroxylation sites is 2. The number of nitro groups is 1. The van der Waals surface area contributed by atoms with Crippen molar-refractivity contribution in [1.29, 1.82) is 0 Å². The van der Waals surface area contributed by atoms with Crippen LogP contribution >= 0.6 is 22.7 Å². The third kappa shape index (κ3) is 5.23. The lowest BCUT2D eigenvalue weighted by molar-refractivity contribution is -0.384. The van der Waals surface area contributed by atoms with Crippen molar-refractivity contribution in [3.63, 3.8) is 0 Å². The van der Waals surface area contributed by atoms with Crippen molar-refractivity contribution in [3.8, 4) is 0 Å². The van der Waals surface area contributed by atoms with Gasteiger partial charge >= 0.3 is 5.69 Å². The SMILES string of the molecule is O=c1n(Cc2nnc(Nc3ccccc3)s2)c2ccc([N+](=O)[O-])cc2n1Cc1nnc(Nc2ccccc2)s1. The Morgan fingerprint density at radius 3 is 1.74 bits per heavy atom. The second kappa shape index (κ2) is 10.4. The van der Waals surface area contributed by atoms with Crippen LogP contribution in [0.4, 0.5) is 27.3 Å². The smallest absolute Gasteiger partial charge is 0.329 e. The van der Waals surface area contributed by atoms with Gasteiger partial charge in [-0.3, -0.25) is 19.2 Å². The molecule has 0 aliphatic carbocycles. The Bertz CT molecular complexity index is 1830. The van der Waals surface area contributed by atoms with E-state index in [1.165, 1.54) is 43.9 Å². The zero-order chi connectivity index (χ0) is 26.8. The molecule has 0 fully saturated rings. The number of nitrogens with one attached hydrogen (secondary N) is 2. The van der Waals surface area contributed by atoms with Crippen LogP contribution < -0.4 is 16.3 Å². The maximum atomic E-state index is 13.6. The van der Waals surface area contributed by atoms with E-state index in [0.717, 1.165) is 11.4 Å². The van der Waals surface area contributed by atoms with Gasteiger partial charge in [0.1, 0.15) is 10.0 Å². The Kier molecular flexibility index (Phi) is 6.52. The summed E-state index contributed by atoms with van der Waals surface area (Å²) in [5.41, 5.74) is 2.26. The molecule has 0 amide bonds. The minimum atomic E-state index is -0.481. The van der Waals surface area contributed by atoms with E-state index in [1.54, 1.807) is 6.07 Å². The van der Waals surface area contributed by atoms with Crippen molar-refractivity contribution in [3.05, 3.63) is 109 Å². The van der Waals surface area contributed by atoms with Gasteiger partial charge in [-0.2, -0.15) is 0 Å². The van der Waals surface area contributed by atoms with E-state index in [0.29, 0.717) is 31.3 Å². The Morgan fingerprint density at radius 1 is 0.718 bits per heavy atom. The zero-order valence-corrected chi connectivity index (χ0v) is 21.7. The summed E-state index contributed by atoms with van der Waals surface area (Å²) < 4.78 is 3.01. The molecule has 6 aromatic rings. The van der Waals surface area contributed by atoms with Gasteiger partial charge in [-0.05, 0) is 30.3 Å². The van der Waals surface area contributed by atoms with Crippen LogP contribution in [0, 0.1) is 10.1 Å². The van der Waals surface area contributed by atoms with Gasteiger partial charge in [0.25, 0.3) is 5.69 Å². The number of imidazole rings is 1. The lowest BCUT2D eigenvalue weighted by atomic mass is 10.2. The number of aromatic nitrogens is 6. The van der Waals surface area contributed by atoms with Gasteiger partial charge in [-0.1, -0.05) is 59.1 Å². The summed E-state index contributed by atoms with van der Waals surface area (Å²) in [5, 5.41) is 37.1. The van der Waals surface area contributed by atoms with Gasteiger partial charge in [0.05, 0.1) is 29.0 Å². The van der Waals surface area contributed by atoms with Crippen molar-refractivity contribution >= 4 is 61.0 Å². The van der Waals surface area contributed by atoms with Crippen molar-refractivity contribution in [1.82, 2.24) is 29.5 Å². The van der Waals surface area contributed by atoms with Crippen molar-refractivity contribution in [2.24, 2.45) is 0 Å².